The number of sulfonamides is 1. The molecule has 1 aromatic rings. The second kappa shape index (κ2) is 7.09. The maximum Gasteiger partial charge on any atom is 0.241 e. The van der Waals surface area contributed by atoms with Gasteiger partial charge in [0, 0.05) is 12.2 Å². The van der Waals surface area contributed by atoms with Crippen molar-refractivity contribution in [3.8, 4) is 0 Å². The topological polar surface area (TPSA) is 72.2 Å². The SMILES string of the molecule is Cc1cc(N)cc(C)c1S(=O)(=O)NCCCCC(C)C. The maximum absolute atomic E-state index is 12.3. The van der Waals surface area contributed by atoms with E-state index in [4.69, 9.17) is 5.73 Å². The standard InChI is InChI=1S/C15H26N2O2S/c1-11(2)7-5-6-8-17-20(18,19)15-12(3)9-14(16)10-13(15)4/h9-11,17H,5-8,16H2,1-4H3. The molecular formula is C15H26N2O2S. The Bertz CT molecular complexity index is 528. The number of anilines is 1. The Kier molecular flexibility index (Phi) is 6.02. The molecule has 0 aromatic heterocycles. The van der Waals surface area contributed by atoms with E-state index in [0.717, 1.165) is 19.3 Å². The lowest BCUT2D eigenvalue weighted by Crippen LogP contribution is -2.26. The molecule has 5 heteroatoms. The van der Waals surface area contributed by atoms with Gasteiger partial charge in [-0.3, -0.25) is 0 Å². The Labute approximate surface area is 122 Å². The van der Waals surface area contributed by atoms with Crippen LogP contribution in [0.4, 0.5) is 5.69 Å². The predicted molar refractivity (Wildman–Crippen MR) is 84.2 cm³/mol. The van der Waals surface area contributed by atoms with Crippen LogP contribution in [-0.2, 0) is 10.0 Å². The highest BCUT2D eigenvalue weighted by molar-refractivity contribution is 7.89. The van der Waals surface area contributed by atoms with Gasteiger partial charge < -0.3 is 5.73 Å². The van der Waals surface area contributed by atoms with E-state index in [1.54, 1.807) is 26.0 Å². The van der Waals surface area contributed by atoms with Crippen LogP contribution in [-0.4, -0.2) is 15.0 Å². The molecule has 0 saturated carbocycles. The summed E-state index contributed by atoms with van der Waals surface area (Å²) in [7, 11) is -3.44. The van der Waals surface area contributed by atoms with Gasteiger partial charge >= 0.3 is 0 Å². The highest BCUT2D eigenvalue weighted by atomic mass is 32.2. The monoisotopic (exact) mass is 298 g/mol. The smallest absolute Gasteiger partial charge is 0.241 e. The van der Waals surface area contributed by atoms with E-state index in [2.05, 4.69) is 18.6 Å². The van der Waals surface area contributed by atoms with Crippen LogP contribution in [0.2, 0.25) is 0 Å². The van der Waals surface area contributed by atoms with E-state index < -0.39 is 10.0 Å². The minimum Gasteiger partial charge on any atom is -0.399 e. The first-order chi connectivity index (χ1) is 9.24. The molecule has 0 aliphatic rings. The Hall–Kier alpha value is -1.07. The molecule has 0 aliphatic carbocycles. The fraction of sp³-hybridized carbons (Fsp3) is 0.600. The highest BCUT2D eigenvalue weighted by Crippen LogP contribution is 2.22. The third kappa shape index (κ3) is 4.80. The number of hydrogen-bond acceptors (Lipinski definition) is 3. The van der Waals surface area contributed by atoms with E-state index in [9.17, 15) is 8.42 Å². The van der Waals surface area contributed by atoms with E-state index in [1.165, 1.54) is 0 Å². The van der Waals surface area contributed by atoms with Crippen molar-refractivity contribution in [2.24, 2.45) is 5.92 Å². The average molecular weight is 298 g/mol. The van der Waals surface area contributed by atoms with Crippen LogP contribution in [0, 0.1) is 19.8 Å². The van der Waals surface area contributed by atoms with Gasteiger partial charge in [0.1, 0.15) is 0 Å². The number of nitrogens with one attached hydrogen (secondary N) is 1. The van der Waals surface area contributed by atoms with Crippen LogP contribution in [0.5, 0.6) is 0 Å². The van der Waals surface area contributed by atoms with E-state index in [-0.39, 0.29) is 0 Å². The molecule has 0 atom stereocenters. The zero-order chi connectivity index (χ0) is 15.3. The van der Waals surface area contributed by atoms with Gasteiger partial charge in [-0.15, -0.1) is 0 Å². The number of nitrogens with two attached hydrogens (primary N) is 1. The number of unbranched alkanes of at least 4 members (excludes halogenated alkanes) is 1. The Balaban J connectivity index is 2.70. The number of rotatable bonds is 7. The molecule has 0 fully saturated rings. The van der Waals surface area contributed by atoms with Crippen LogP contribution >= 0.6 is 0 Å². The van der Waals surface area contributed by atoms with Gasteiger partial charge in [-0.05, 0) is 49.4 Å². The molecule has 0 radical (unpaired) electrons. The largest absolute Gasteiger partial charge is 0.399 e. The van der Waals surface area contributed by atoms with E-state index >= 15 is 0 Å². The van der Waals surface area contributed by atoms with Gasteiger partial charge in [-0.2, -0.15) is 0 Å². The van der Waals surface area contributed by atoms with Crippen LogP contribution < -0.4 is 10.5 Å². The highest BCUT2D eigenvalue weighted by Gasteiger charge is 2.19. The predicted octanol–water partition coefficient (Wildman–Crippen LogP) is 2.99. The van der Waals surface area contributed by atoms with Crippen molar-refractivity contribution >= 4 is 15.7 Å². The maximum atomic E-state index is 12.3. The van der Waals surface area contributed by atoms with Crippen molar-refractivity contribution in [3.05, 3.63) is 23.3 Å². The van der Waals surface area contributed by atoms with Crippen molar-refractivity contribution in [2.45, 2.75) is 51.9 Å². The fourth-order valence-corrected chi connectivity index (χ4v) is 3.89. The summed E-state index contributed by atoms with van der Waals surface area (Å²) in [5, 5.41) is 0. The van der Waals surface area contributed by atoms with Crippen molar-refractivity contribution in [1.29, 1.82) is 0 Å². The molecule has 0 spiro atoms. The lowest BCUT2D eigenvalue weighted by atomic mass is 10.1. The second-order valence-corrected chi connectivity index (χ2v) is 7.48. The molecule has 0 amide bonds. The molecule has 114 valence electrons. The summed E-state index contributed by atoms with van der Waals surface area (Å²) >= 11 is 0. The van der Waals surface area contributed by atoms with Crippen molar-refractivity contribution < 1.29 is 8.42 Å². The first kappa shape index (κ1) is 17.0. The quantitative estimate of drug-likeness (QED) is 0.600. The van der Waals surface area contributed by atoms with Gasteiger partial charge in [0.15, 0.2) is 0 Å². The summed E-state index contributed by atoms with van der Waals surface area (Å²) in [5.41, 5.74) is 7.70. The minimum atomic E-state index is -3.44. The molecule has 0 heterocycles. The van der Waals surface area contributed by atoms with Crippen molar-refractivity contribution in [3.63, 3.8) is 0 Å². The molecule has 0 saturated heterocycles. The molecular weight excluding hydrogens is 272 g/mol. The lowest BCUT2D eigenvalue weighted by molar-refractivity contribution is 0.530. The molecule has 0 bridgehead atoms. The molecule has 1 rings (SSSR count). The second-order valence-electron chi connectivity index (χ2n) is 5.77. The van der Waals surface area contributed by atoms with Crippen LogP contribution in [0.25, 0.3) is 0 Å². The summed E-state index contributed by atoms with van der Waals surface area (Å²) in [5.74, 6) is 0.660. The zero-order valence-corrected chi connectivity index (χ0v) is 13.7. The van der Waals surface area contributed by atoms with Crippen LogP contribution in [0.15, 0.2) is 17.0 Å². The summed E-state index contributed by atoms with van der Waals surface area (Å²) in [6.07, 6.45) is 3.03. The summed E-state index contributed by atoms with van der Waals surface area (Å²) in [6, 6.07) is 3.39. The zero-order valence-electron chi connectivity index (χ0n) is 12.9. The number of aryl methyl sites for hydroxylation is 2. The molecule has 3 N–H and O–H groups in total. The molecule has 20 heavy (non-hydrogen) atoms. The normalized spacial score (nSPS) is 12.1. The minimum absolute atomic E-state index is 0.357. The molecule has 4 nitrogen and oxygen atoms in total. The number of hydrogen-bond donors (Lipinski definition) is 2. The van der Waals surface area contributed by atoms with Gasteiger partial charge in [0.05, 0.1) is 4.90 Å². The number of benzene rings is 1. The van der Waals surface area contributed by atoms with Gasteiger partial charge in [-0.1, -0.05) is 26.7 Å². The van der Waals surface area contributed by atoms with Gasteiger partial charge in [0.25, 0.3) is 0 Å². The fourth-order valence-electron chi connectivity index (χ4n) is 2.36. The van der Waals surface area contributed by atoms with E-state index in [0.29, 0.717) is 34.2 Å². The first-order valence-corrected chi connectivity index (χ1v) is 8.58. The molecule has 0 unspecified atom stereocenters. The average Bonchev–Trinajstić information content (AvgIpc) is 2.25. The summed E-state index contributed by atoms with van der Waals surface area (Å²) < 4.78 is 27.3. The third-order valence-corrected chi connectivity index (χ3v) is 5.02. The summed E-state index contributed by atoms with van der Waals surface area (Å²) in [4.78, 5) is 0.357. The molecule has 0 aliphatic heterocycles. The molecule has 1 aromatic carbocycles. The number of nitrogen functional groups attached to an aromatic ring is 1. The van der Waals surface area contributed by atoms with E-state index in [1.807, 2.05) is 0 Å². The third-order valence-electron chi connectivity index (χ3n) is 3.25. The Morgan fingerprint density at radius 1 is 1.15 bits per heavy atom. The van der Waals surface area contributed by atoms with Crippen molar-refractivity contribution in [2.75, 3.05) is 12.3 Å². The first-order valence-electron chi connectivity index (χ1n) is 7.10. The van der Waals surface area contributed by atoms with Crippen LogP contribution in [0.1, 0.15) is 44.2 Å². The van der Waals surface area contributed by atoms with Gasteiger partial charge in [-0.25, -0.2) is 13.1 Å². The Morgan fingerprint density at radius 3 is 2.20 bits per heavy atom. The lowest BCUT2D eigenvalue weighted by Gasteiger charge is -2.13. The summed E-state index contributed by atoms with van der Waals surface area (Å²) in [6.45, 7) is 8.38. The Morgan fingerprint density at radius 2 is 1.70 bits per heavy atom. The van der Waals surface area contributed by atoms with Crippen molar-refractivity contribution in [1.82, 2.24) is 4.72 Å². The van der Waals surface area contributed by atoms with Crippen LogP contribution in [0.3, 0.4) is 0 Å². The van der Waals surface area contributed by atoms with Gasteiger partial charge in [0.2, 0.25) is 10.0 Å².